The maximum Gasteiger partial charge on any atom is 0.274 e. The quantitative estimate of drug-likeness (QED) is 0.502. The molecule has 1 unspecified atom stereocenters. The Bertz CT molecular complexity index is 1500. The molecule has 0 saturated carbocycles. The highest BCUT2D eigenvalue weighted by Gasteiger charge is 2.19. The lowest BCUT2D eigenvalue weighted by molar-refractivity contribution is 0.356. The number of rotatable bonds is 5. The van der Waals surface area contributed by atoms with Gasteiger partial charge in [0.05, 0.1) is 41.6 Å². The van der Waals surface area contributed by atoms with Crippen LogP contribution >= 0.6 is 0 Å². The zero-order chi connectivity index (χ0) is 22.3. The average molecular weight is 449 g/mol. The van der Waals surface area contributed by atoms with Crippen LogP contribution in [0.4, 0.5) is 0 Å². The van der Waals surface area contributed by atoms with E-state index in [1.165, 1.54) is 4.68 Å². The molecule has 0 spiro atoms. The lowest BCUT2D eigenvalue weighted by Gasteiger charge is -2.11. The largest absolute Gasteiger partial charge is 0.493 e. The number of hydrogen-bond acceptors (Lipinski definition) is 7. The molecule has 9 heteroatoms. The zero-order valence-electron chi connectivity index (χ0n) is 17.3. The van der Waals surface area contributed by atoms with Crippen molar-refractivity contribution in [2.75, 3.05) is 13.7 Å². The molecule has 1 aliphatic rings. The maximum atomic E-state index is 13.4. The molecule has 0 bridgehead atoms. The van der Waals surface area contributed by atoms with Crippen molar-refractivity contribution in [3.63, 3.8) is 0 Å². The number of nitrogens with one attached hydrogen (secondary N) is 1. The summed E-state index contributed by atoms with van der Waals surface area (Å²) >= 11 is 0. The first-order valence-electron chi connectivity index (χ1n) is 9.99. The van der Waals surface area contributed by atoms with Crippen LogP contribution in [0.3, 0.4) is 0 Å². The summed E-state index contributed by atoms with van der Waals surface area (Å²) in [5, 5.41) is 5.25. The van der Waals surface area contributed by atoms with Gasteiger partial charge < -0.3 is 9.47 Å². The summed E-state index contributed by atoms with van der Waals surface area (Å²) in [6, 6.07) is 13.6. The Hall–Kier alpha value is -3.72. The van der Waals surface area contributed by atoms with Gasteiger partial charge in [0, 0.05) is 24.1 Å². The number of methoxy groups -OCH3 is 1. The van der Waals surface area contributed by atoms with Gasteiger partial charge in [-0.05, 0) is 47.5 Å². The monoisotopic (exact) mass is 448 g/mol. The van der Waals surface area contributed by atoms with E-state index in [9.17, 15) is 9.00 Å². The Balaban J connectivity index is 1.49. The van der Waals surface area contributed by atoms with Gasteiger partial charge in [0.1, 0.15) is 15.5 Å². The topological polar surface area (TPSA) is 107 Å². The van der Waals surface area contributed by atoms with Crippen molar-refractivity contribution < 1.29 is 13.7 Å². The molecule has 162 valence electrons. The number of hydrogen-bond donors (Lipinski definition) is 1. The molecule has 0 saturated heterocycles. The number of pyridine rings is 1. The molecule has 1 aliphatic heterocycles. The fourth-order valence-corrected chi connectivity index (χ4v) is 5.13. The van der Waals surface area contributed by atoms with E-state index in [0.29, 0.717) is 33.1 Å². The van der Waals surface area contributed by atoms with Crippen molar-refractivity contribution >= 4 is 20.5 Å². The van der Waals surface area contributed by atoms with Gasteiger partial charge in [-0.3, -0.25) is 4.79 Å². The highest BCUT2D eigenvalue weighted by molar-refractivity contribution is 7.92. The number of fused-ring (bicyclic) bond motifs is 2. The molecule has 3 heterocycles. The molecule has 1 N–H and O–H groups in total. The molecule has 0 radical (unpaired) electrons. The van der Waals surface area contributed by atoms with E-state index in [-0.39, 0.29) is 12.1 Å². The maximum absolute atomic E-state index is 13.4. The molecule has 5 rings (SSSR count). The van der Waals surface area contributed by atoms with E-state index in [0.717, 1.165) is 23.3 Å². The fraction of sp³-hybridized carbons (Fsp3) is 0.174. The van der Waals surface area contributed by atoms with Crippen molar-refractivity contribution in [3.8, 4) is 11.6 Å². The molecule has 2 aromatic carbocycles. The van der Waals surface area contributed by atoms with Crippen molar-refractivity contribution in [1.29, 1.82) is 4.78 Å². The minimum absolute atomic E-state index is 0.264. The summed E-state index contributed by atoms with van der Waals surface area (Å²) in [5.74, 6) is 1.27. The minimum atomic E-state index is -3.24. The van der Waals surface area contributed by atoms with Gasteiger partial charge in [0.25, 0.3) is 5.56 Å². The summed E-state index contributed by atoms with van der Waals surface area (Å²) in [4.78, 5) is 17.8. The number of ether oxygens (including phenoxy) is 2. The van der Waals surface area contributed by atoms with Crippen molar-refractivity contribution in [2.45, 2.75) is 22.8 Å². The van der Waals surface area contributed by atoms with Crippen LogP contribution in [0.25, 0.3) is 10.8 Å². The van der Waals surface area contributed by atoms with Gasteiger partial charge in [-0.15, -0.1) is 0 Å². The van der Waals surface area contributed by atoms with Crippen LogP contribution < -0.4 is 15.0 Å². The molecule has 0 aliphatic carbocycles. The second kappa shape index (κ2) is 7.76. The van der Waals surface area contributed by atoms with Crippen molar-refractivity contribution in [1.82, 2.24) is 14.8 Å². The predicted octanol–water partition coefficient (Wildman–Crippen LogP) is 3.25. The Labute approximate surface area is 184 Å². The molecular weight excluding hydrogens is 428 g/mol. The second-order valence-corrected chi connectivity index (χ2v) is 9.54. The molecule has 4 aromatic rings. The third-order valence-electron chi connectivity index (χ3n) is 5.49. The smallest absolute Gasteiger partial charge is 0.274 e. The summed E-state index contributed by atoms with van der Waals surface area (Å²) in [6.45, 7) is 0.860. The number of nitrogens with zero attached hydrogens (tertiary/aromatic N) is 3. The van der Waals surface area contributed by atoms with Crippen LogP contribution in [0, 0.1) is 4.78 Å². The van der Waals surface area contributed by atoms with E-state index in [1.54, 1.807) is 62.0 Å². The number of benzene rings is 2. The van der Waals surface area contributed by atoms with Crippen molar-refractivity contribution in [2.24, 2.45) is 0 Å². The standard InChI is InChI=1S/C23H20N4O4S/c1-30-22-7-2-15(12-25-22)14-27-23(28)20-5-3-18(11-17(20)13-26-27)32(24,29)19-4-6-21-16(10-19)8-9-31-21/h2-7,10-13,24H,8-9,14H2,1H3. The zero-order valence-corrected chi connectivity index (χ0v) is 18.1. The van der Waals surface area contributed by atoms with Crippen LogP contribution in [0.15, 0.2) is 75.5 Å². The third-order valence-corrected chi connectivity index (χ3v) is 7.32. The lowest BCUT2D eigenvalue weighted by atomic mass is 10.2. The minimum Gasteiger partial charge on any atom is -0.493 e. The van der Waals surface area contributed by atoms with Crippen LogP contribution in [0.1, 0.15) is 11.1 Å². The van der Waals surface area contributed by atoms with Crippen LogP contribution in [0.5, 0.6) is 11.6 Å². The third kappa shape index (κ3) is 3.50. The first-order valence-corrected chi connectivity index (χ1v) is 11.5. The van der Waals surface area contributed by atoms with Gasteiger partial charge >= 0.3 is 0 Å². The first kappa shape index (κ1) is 20.2. The van der Waals surface area contributed by atoms with Crippen molar-refractivity contribution in [3.05, 3.63) is 82.4 Å². The van der Waals surface area contributed by atoms with Gasteiger partial charge in [-0.25, -0.2) is 18.7 Å². The van der Waals surface area contributed by atoms with E-state index in [1.807, 2.05) is 6.07 Å². The summed E-state index contributed by atoms with van der Waals surface area (Å²) in [6.07, 6.45) is 3.93. The Morgan fingerprint density at radius 3 is 2.72 bits per heavy atom. The van der Waals surface area contributed by atoms with E-state index >= 15 is 0 Å². The first-order chi connectivity index (χ1) is 15.5. The molecule has 1 atom stereocenters. The highest BCUT2D eigenvalue weighted by atomic mass is 32.2. The molecule has 0 amide bonds. The van der Waals surface area contributed by atoms with Gasteiger partial charge in [-0.1, -0.05) is 6.07 Å². The average Bonchev–Trinajstić information content (AvgIpc) is 3.29. The Morgan fingerprint density at radius 2 is 1.94 bits per heavy atom. The lowest BCUT2D eigenvalue weighted by Crippen LogP contribution is -2.23. The molecule has 2 aromatic heterocycles. The van der Waals surface area contributed by atoms with E-state index < -0.39 is 9.73 Å². The van der Waals surface area contributed by atoms with Crippen LogP contribution in [0.2, 0.25) is 0 Å². The van der Waals surface area contributed by atoms with E-state index in [4.69, 9.17) is 14.3 Å². The molecule has 8 nitrogen and oxygen atoms in total. The van der Waals surface area contributed by atoms with Gasteiger partial charge in [0.2, 0.25) is 5.88 Å². The molecular formula is C23H20N4O4S. The Morgan fingerprint density at radius 1 is 1.12 bits per heavy atom. The SMILES string of the molecule is COc1ccc(Cn2ncc3cc(S(=N)(=O)c4ccc5c(c4)CCO5)ccc3c2=O)cn1. The molecule has 0 fully saturated rings. The summed E-state index contributed by atoms with van der Waals surface area (Å²) < 4.78 is 33.9. The van der Waals surface area contributed by atoms with Gasteiger partial charge in [-0.2, -0.15) is 5.10 Å². The highest BCUT2D eigenvalue weighted by Crippen LogP contribution is 2.31. The number of aromatic nitrogens is 3. The van der Waals surface area contributed by atoms with Crippen LogP contribution in [-0.4, -0.2) is 32.7 Å². The Kier molecular flexibility index (Phi) is 4.90. The summed E-state index contributed by atoms with van der Waals surface area (Å²) in [7, 11) is -1.70. The second-order valence-electron chi connectivity index (χ2n) is 7.49. The normalized spacial score (nSPS) is 14.5. The predicted molar refractivity (Wildman–Crippen MR) is 119 cm³/mol. The molecule has 32 heavy (non-hydrogen) atoms. The van der Waals surface area contributed by atoms with Gasteiger partial charge in [0.15, 0.2) is 0 Å². The van der Waals surface area contributed by atoms with E-state index in [2.05, 4.69) is 10.1 Å². The summed E-state index contributed by atoms with van der Waals surface area (Å²) in [5.41, 5.74) is 1.50. The van der Waals surface area contributed by atoms with Crippen LogP contribution in [-0.2, 0) is 22.7 Å². The fourth-order valence-electron chi connectivity index (χ4n) is 3.73.